The van der Waals surface area contributed by atoms with Gasteiger partial charge in [0.1, 0.15) is 12.4 Å². The summed E-state index contributed by atoms with van der Waals surface area (Å²) in [5.41, 5.74) is 4.50. The van der Waals surface area contributed by atoms with E-state index in [9.17, 15) is 4.79 Å². The number of amides is 1. The van der Waals surface area contributed by atoms with E-state index in [4.69, 9.17) is 9.47 Å². The number of hydrogen-bond acceptors (Lipinski definition) is 6. The minimum absolute atomic E-state index is 0.100. The Balaban J connectivity index is 1.47. The van der Waals surface area contributed by atoms with Crippen LogP contribution in [0.4, 0.5) is 0 Å². The van der Waals surface area contributed by atoms with Crippen LogP contribution in [0, 0.1) is 0 Å². The number of hydrogen-bond donors (Lipinski definition) is 1. The van der Waals surface area contributed by atoms with Gasteiger partial charge in [0.25, 0.3) is 0 Å². The first-order chi connectivity index (χ1) is 13.7. The highest BCUT2D eigenvalue weighted by Crippen LogP contribution is 2.14. The van der Waals surface area contributed by atoms with Crippen LogP contribution in [0.15, 0.2) is 46.9 Å². The van der Waals surface area contributed by atoms with Gasteiger partial charge >= 0.3 is 0 Å². The van der Waals surface area contributed by atoms with Gasteiger partial charge in [0.15, 0.2) is 0 Å². The lowest BCUT2D eigenvalue weighted by Gasteiger charge is -2.26. The van der Waals surface area contributed by atoms with Gasteiger partial charge in [0.05, 0.1) is 25.3 Å². The molecule has 6 nitrogen and oxygen atoms in total. The van der Waals surface area contributed by atoms with Gasteiger partial charge in [-0.3, -0.25) is 9.69 Å². The number of carbonyl (C=O) groups excluding carboxylic acids is 1. The number of ether oxygens (including phenoxy) is 2. The number of morpholine rings is 1. The summed E-state index contributed by atoms with van der Waals surface area (Å²) in [6, 6.07) is 11.8. The molecule has 1 amide bonds. The average Bonchev–Trinajstić information content (AvgIpc) is 3.23. The Kier molecular flexibility index (Phi) is 8.02. The summed E-state index contributed by atoms with van der Waals surface area (Å²) in [7, 11) is 0. The first kappa shape index (κ1) is 20.5. The second kappa shape index (κ2) is 10.9. The van der Waals surface area contributed by atoms with Crippen molar-refractivity contribution in [2.75, 3.05) is 39.5 Å². The molecule has 1 fully saturated rings. The molecule has 0 unspecified atom stereocenters. The van der Waals surface area contributed by atoms with Crippen molar-refractivity contribution in [3.8, 4) is 5.75 Å². The van der Waals surface area contributed by atoms with E-state index in [2.05, 4.69) is 15.4 Å². The maximum Gasteiger partial charge on any atom is 0.245 e. The van der Waals surface area contributed by atoms with Crippen molar-refractivity contribution in [1.29, 1.82) is 0 Å². The van der Waals surface area contributed by atoms with E-state index in [0.717, 1.165) is 61.2 Å². The molecule has 2 heterocycles. The summed E-state index contributed by atoms with van der Waals surface area (Å²) in [4.78, 5) is 15.4. The largest absolute Gasteiger partial charge is 0.492 e. The molecule has 150 valence electrons. The van der Waals surface area contributed by atoms with E-state index in [1.54, 1.807) is 11.3 Å². The predicted octanol–water partition coefficient (Wildman–Crippen LogP) is 2.93. The van der Waals surface area contributed by atoms with Crippen molar-refractivity contribution in [2.45, 2.75) is 19.8 Å². The minimum Gasteiger partial charge on any atom is -0.492 e. The van der Waals surface area contributed by atoms with E-state index in [1.807, 2.05) is 48.7 Å². The minimum atomic E-state index is -0.100. The first-order valence-corrected chi connectivity index (χ1v) is 10.5. The lowest BCUT2D eigenvalue weighted by Crippen LogP contribution is -2.38. The fraction of sp³-hybridized carbons (Fsp3) is 0.429. The average molecular weight is 402 g/mol. The van der Waals surface area contributed by atoms with Crippen LogP contribution in [-0.4, -0.2) is 56.0 Å². The molecule has 0 atom stereocenters. The third-order valence-corrected chi connectivity index (χ3v) is 5.41. The highest BCUT2D eigenvalue weighted by molar-refractivity contribution is 7.10. The van der Waals surface area contributed by atoms with Crippen LogP contribution in [0.3, 0.4) is 0 Å². The Bertz CT molecular complexity index is 754. The molecule has 3 rings (SSSR count). The molecule has 0 saturated carbocycles. The van der Waals surface area contributed by atoms with Crippen molar-refractivity contribution in [2.24, 2.45) is 5.10 Å². The lowest BCUT2D eigenvalue weighted by molar-refractivity contribution is -0.120. The van der Waals surface area contributed by atoms with Gasteiger partial charge in [-0.2, -0.15) is 5.10 Å². The van der Waals surface area contributed by atoms with Crippen molar-refractivity contribution in [3.05, 3.63) is 52.2 Å². The Hall–Kier alpha value is -2.22. The predicted molar refractivity (Wildman–Crippen MR) is 112 cm³/mol. The lowest BCUT2D eigenvalue weighted by atomic mass is 10.1. The quantitative estimate of drug-likeness (QED) is 0.518. The van der Waals surface area contributed by atoms with Crippen LogP contribution in [0.1, 0.15) is 23.8 Å². The Morgan fingerprint density at radius 3 is 2.71 bits per heavy atom. The number of thiophene rings is 1. The molecule has 1 aromatic carbocycles. The molecule has 0 radical (unpaired) electrons. The Morgan fingerprint density at radius 1 is 1.25 bits per heavy atom. The Morgan fingerprint density at radius 2 is 2.04 bits per heavy atom. The standard InChI is InChI=1S/C21H27N3O3S/c1-2-20(22-23-21(25)16-19-4-3-15-28-19)17-5-7-18(8-6-17)27-14-11-24-9-12-26-13-10-24/h3-8,15H,2,9-14,16H2,1H3,(H,23,25)/b22-20+. The van der Waals surface area contributed by atoms with Crippen molar-refractivity contribution in [3.63, 3.8) is 0 Å². The fourth-order valence-corrected chi connectivity index (χ4v) is 3.65. The van der Waals surface area contributed by atoms with Crippen LogP contribution < -0.4 is 10.2 Å². The smallest absolute Gasteiger partial charge is 0.245 e. The number of carbonyl (C=O) groups is 1. The highest BCUT2D eigenvalue weighted by atomic mass is 32.1. The van der Waals surface area contributed by atoms with Gasteiger partial charge in [0.2, 0.25) is 5.91 Å². The molecular formula is C21H27N3O3S. The third-order valence-electron chi connectivity index (χ3n) is 4.53. The maximum absolute atomic E-state index is 12.0. The molecular weight excluding hydrogens is 374 g/mol. The zero-order valence-electron chi connectivity index (χ0n) is 16.2. The molecule has 1 saturated heterocycles. The van der Waals surface area contributed by atoms with Crippen LogP contribution in [0.5, 0.6) is 5.75 Å². The summed E-state index contributed by atoms with van der Waals surface area (Å²) < 4.78 is 11.2. The monoisotopic (exact) mass is 401 g/mol. The van der Waals surface area contributed by atoms with Gasteiger partial charge in [-0.1, -0.05) is 13.0 Å². The van der Waals surface area contributed by atoms with Gasteiger partial charge < -0.3 is 9.47 Å². The maximum atomic E-state index is 12.0. The normalized spacial score (nSPS) is 15.4. The van der Waals surface area contributed by atoms with Crippen LogP contribution in [0.2, 0.25) is 0 Å². The van der Waals surface area contributed by atoms with Gasteiger partial charge in [-0.25, -0.2) is 5.43 Å². The second-order valence-electron chi connectivity index (χ2n) is 6.53. The molecule has 1 aliphatic heterocycles. The Labute approximate surface area is 170 Å². The van der Waals surface area contributed by atoms with Crippen molar-refractivity contribution in [1.82, 2.24) is 10.3 Å². The summed E-state index contributed by atoms with van der Waals surface area (Å²) in [5, 5.41) is 6.27. The number of benzene rings is 1. The van der Waals surface area contributed by atoms with Crippen LogP contribution >= 0.6 is 11.3 Å². The highest BCUT2D eigenvalue weighted by Gasteiger charge is 2.10. The van der Waals surface area contributed by atoms with Crippen molar-refractivity contribution >= 4 is 23.0 Å². The van der Waals surface area contributed by atoms with Crippen LogP contribution in [-0.2, 0) is 16.0 Å². The SMILES string of the molecule is CC/C(=N\NC(=O)Cc1cccs1)c1ccc(OCCN2CCOCC2)cc1. The number of nitrogens with zero attached hydrogens (tertiary/aromatic N) is 2. The molecule has 1 N–H and O–H groups in total. The molecule has 7 heteroatoms. The molecule has 0 spiro atoms. The number of nitrogens with one attached hydrogen (secondary N) is 1. The van der Waals surface area contributed by atoms with Gasteiger partial charge in [-0.15, -0.1) is 11.3 Å². The zero-order chi connectivity index (χ0) is 19.6. The first-order valence-electron chi connectivity index (χ1n) is 9.65. The summed E-state index contributed by atoms with van der Waals surface area (Å²) in [6.07, 6.45) is 1.09. The van der Waals surface area contributed by atoms with E-state index in [-0.39, 0.29) is 5.91 Å². The third kappa shape index (κ3) is 6.44. The molecule has 0 aliphatic carbocycles. The number of rotatable bonds is 9. The molecule has 0 bridgehead atoms. The fourth-order valence-electron chi connectivity index (χ4n) is 2.95. The van der Waals surface area contributed by atoms with Crippen molar-refractivity contribution < 1.29 is 14.3 Å². The van der Waals surface area contributed by atoms with Gasteiger partial charge in [0, 0.05) is 24.5 Å². The molecule has 2 aromatic rings. The molecule has 28 heavy (non-hydrogen) atoms. The van der Waals surface area contributed by atoms with Crippen LogP contribution in [0.25, 0.3) is 0 Å². The number of hydrazone groups is 1. The summed E-state index contributed by atoms with van der Waals surface area (Å²) >= 11 is 1.57. The molecule has 1 aliphatic rings. The van der Waals surface area contributed by atoms with E-state index < -0.39 is 0 Å². The zero-order valence-corrected chi connectivity index (χ0v) is 17.0. The second-order valence-corrected chi connectivity index (χ2v) is 7.56. The summed E-state index contributed by atoms with van der Waals surface area (Å²) in [5.74, 6) is 0.741. The topological polar surface area (TPSA) is 63.2 Å². The van der Waals surface area contributed by atoms with E-state index >= 15 is 0 Å². The van der Waals surface area contributed by atoms with E-state index in [1.165, 1.54) is 0 Å². The molecule has 1 aromatic heterocycles. The van der Waals surface area contributed by atoms with Gasteiger partial charge in [-0.05, 0) is 47.7 Å². The van der Waals surface area contributed by atoms with E-state index in [0.29, 0.717) is 13.0 Å². The summed E-state index contributed by atoms with van der Waals surface area (Å²) in [6.45, 7) is 7.13.